The van der Waals surface area contributed by atoms with Crippen LogP contribution >= 0.6 is 23.1 Å². The molecule has 1 amide bonds. The number of hydrogen-bond donors (Lipinski definition) is 1. The number of carbonyl (C=O) groups excluding carboxylic acids is 1. The fourth-order valence-corrected chi connectivity index (χ4v) is 4.96. The molecule has 3 nitrogen and oxygen atoms in total. The van der Waals surface area contributed by atoms with Crippen molar-refractivity contribution < 1.29 is 4.79 Å². The summed E-state index contributed by atoms with van der Waals surface area (Å²) < 4.78 is 0. The van der Waals surface area contributed by atoms with Crippen LogP contribution in [0.15, 0.2) is 16.8 Å². The summed E-state index contributed by atoms with van der Waals surface area (Å²) in [6.45, 7) is 5.01. The van der Waals surface area contributed by atoms with Gasteiger partial charge in [-0.3, -0.25) is 10.1 Å². The fraction of sp³-hybridized carbons (Fsp3) is 0.667. The molecule has 3 unspecified atom stereocenters. The molecule has 0 radical (unpaired) electrons. The number of thiophene rings is 1. The molecular formula is C15H22N2OS2. The van der Waals surface area contributed by atoms with E-state index < -0.39 is 5.54 Å². The van der Waals surface area contributed by atoms with Gasteiger partial charge in [-0.1, -0.05) is 6.92 Å². The molecule has 0 aromatic carbocycles. The van der Waals surface area contributed by atoms with Crippen molar-refractivity contribution in [1.29, 1.82) is 0 Å². The van der Waals surface area contributed by atoms with Crippen LogP contribution in [0.2, 0.25) is 0 Å². The molecule has 20 heavy (non-hydrogen) atoms. The summed E-state index contributed by atoms with van der Waals surface area (Å²) in [5.74, 6) is 1.51. The van der Waals surface area contributed by atoms with Gasteiger partial charge in [-0.25, -0.2) is 0 Å². The highest BCUT2D eigenvalue weighted by Gasteiger charge is 2.47. The number of thioether (sulfide) groups is 1. The van der Waals surface area contributed by atoms with Gasteiger partial charge >= 0.3 is 0 Å². The minimum Gasteiger partial charge on any atom is -0.320 e. The molecule has 3 rings (SSSR count). The van der Waals surface area contributed by atoms with Crippen LogP contribution < -0.4 is 5.32 Å². The lowest BCUT2D eigenvalue weighted by molar-refractivity contribution is -0.133. The number of hydrogen-bond acceptors (Lipinski definition) is 4. The zero-order chi connectivity index (χ0) is 14.2. The maximum Gasteiger partial charge on any atom is 0.244 e. The Morgan fingerprint density at radius 2 is 2.40 bits per heavy atom. The molecule has 2 aliphatic heterocycles. The average molecular weight is 310 g/mol. The Bertz CT molecular complexity index is 470. The molecule has 2 fully saturated rings. The van der Waals surface area contributed by atoms with Gasteiger partial charge in [0.2, 0.25) is 5.91 Å². The molecule has 5 heteroatoms. The average Bonchev–Trinajstić information content (AvgIpc) is 3.16. The van der Waals surface area contributed by atoms with E-state index in [1.165, 1.54) is 24.2 Å². The topological polar surface area (TPSA) is 32.3 Å². The highest BCUT2D eigenvalue weighted by atomic mass is 32.2. The zero-order valence-electron chi connectivity index (χ0n) is 12.1. The first-order chi connectivity index (χ1) is 9.64. The Balaban J connectivity index is 1.84. The molecule has 0 bridgehead atoms. The molecule has 1 aromatic heterocycles. The monoisotopic (exact) mass is 310 g/mol. The van der Waals surface area contributed by atoms with Crippen LogP contribution in [0.25, 0.3) is 0 Å². The summed E-state index contributed by atoms with van der Waals surface area (Å²) in [7, 11) is 0. The summed E-state index contributed by atoms with van der Waals surface area (Å²) in [4.78, 5) is 14.9. The quantitative estimate of drug-likeness (QED) is 0.926. The van der Waals surface area contributed by atoms with Crippen molar-refractivity contribution in [2.75, 3.05) is 12.3 Å². The second kappa shape index (κ2) is 5.70. The maximum absolute atomic E-state index is 12.8. The van der Waals surface area contributed by atoms with Crippen molar-refractivity contribution in [3.63, 3.8) is 0 Å². The number of nitrogens with one attached hydrogen (secondary N) is 1. The maximum atomic E-state index is 12.8. The van der Waals surface area contributed by atoms with E-state index in [9.17, 15) is 4.79 Å². The number of carbonyl (C=O) groups is 1. The summed E-state index contributed by atoms with van der Waals surface area (Å²) in [6.07, 6.45) is 3.42. The highest BCUT2D eigenvalue weighted by Crippen LogP contribution is 2.36. The predicted molar refractivity (Wildman–Crippen MR) is 86.1 cm³/mol. The molecule has 1 N–H and O–H groups in total. The molecular weight excluding hydrogens is 288 g/mol. The summed E-state index contributed by atoms with van der Waals surface area (Å²) in [6, 6.07) is 2.13. The summed E-state index contributed by atoms with van der Waals surface area (Å²) >= 11 is 3.72. The van der Waals surface area contributed by atoms with Gasteiger partial charge in [0, 0.05) is 11.8 Å². The molecule has 0 saturated carbocycles. The van der Waals surface area contributed by atoms with E-state index in [2.05, 4.69) is 34.0 Å². The third-order valence-corrected chi connectivity index (χ3v) is 6.57. The standard InChI is InChI=1S/C15H22N2OS2/c1-3-15(2)14(18)17(9-12-5-4-7-20-12)13(16-15)11-6-8-19-10-11/h6,8,10,12-13,16H,3-5,7,9H2,1-2H3. The van der Waals surface area contributed by atoms with Crippen LogP contribution in [-0.2, 0) is 4.79 Å². The number of nitrogens with zero attached hydrogens (tertiary/aromatic N) is 1. The van der Waals surface area contributed by atoms with Gasteiger partial charge in [0.15, 0.2) is 0 Å². The van der Waals surface area contributed by atoms with Gasteiger partial charge < -0.3 is 4.90 Å². The zero-order valence-corrected chi connectivity index (χ0v) is 13.7. The largest absolute Gasteiger partial charge is 0.320 e. The molecule has 2 saturated heterocycles. The Hall–Kier alpha value is -0.520. The molecule has 3 atom stereocenters. The molecule has 3 heterocycles. The smallest absolute Gasteiger partial charge is 0.244 e. The fourth-order valence-electron chi connectivity index (χ4n) is 3.02. The first-order valence-electron chi connectivity index (χ1n) is 7.36. The van der Waals surface area contributed by atoms with E-state index in [0.29, 0.717) is 5.25 Å². The van der Waals surface area contributed by atoms with Crippen molar-refractivity contribution in [3.8, 4) is 0 Å². The molecule has 110 valence electrons. The lowest BCUT2D eigenvalue weighted by Gasteiger charge is -2.26. The second-order valence-corrected chi connectivity index (χ2v) is 8.07. The number of rotatable bonds is 4. The van der Waals surface area contributed by atoms with E-state index >= 15 is 0 Å². The van der Waals surface area contributed by atoms with Gasteiger partial charge in [0.25, 0.3) is 0 Å². The Kier molecular flexibility index (Phi) is 4.11. The highest BCUT2D eigenvalue weighted by molar-refractivity contribution is 8.00. The molecule has 1 aromatic rings. The van der Waals surface area contributed by atoms with Crippen LogP contribution in [0.5, 0.6) is 0 Å². The van der Waals surface area contributed by atoms with E-state index in [1.807, 2.05) is 18.7 Å². The first kappa shape index (κ1) is 14.4. The van der Waals surface area contributed by atoms with E-state index in [0.717, 1.165) is 13.0 Å². The van der Waals surface area contributed by atoms with Gasteiger partial charge in [0.1, 0.15) is 6.17 Å². The Labute approximate surface area is 129 Å². The van der Waals surface area contributed by atoms with Crippen molar-refractivity contribution >= 4 is 29.0 Å². The van der Waals surface area contributed by atoms with Crippen LogP contribution in [0.4, 0.5) is 0 Å². The third kappa shape index (κ3) is 2.51. The lowest BCUT2D eigenvalue weighted by Crippen LogP contribution is -2.43. The summed E-state index contributed by atoms with van der Waals surface area (Å²) in [5.41, 5.74) is 0.819. The van der Waals surface area contributed by atoms with Crippen molar-refractivity contribution in [1.82, 2.24) is 10.2 Å². The Morgan fingerprint density at radius 3 is 3.00 bits per heavy atom. The third-order valence-electron chi connectivity index (χ3n) is 4.49. The van der Waals surface area contributed by atoms with Crippen molar-refractivity contribution in [2.24, 2.45) is 0 Å². The lowest BCUT2D eigenvalue weighted by atomic mass is 9.99. The normalized spacial score (nSPS) is 34.1. The van der Waals surface area contributed by atoms with Crippen LogP contribution in [0.1, 0.15) is 44.8 Å². The summed E-state index contributed by atoms with van der Waals surface area (Å²) in [5, 5.41) is 8.42. The van der Waals surface area contributed by atoms with Gasteiger partial charge in [0.05, 0.1) is 5.54 Å². The van der Waals surface area contributed by atoms with Gasteiger partial charge in [-0.05, 0) is 54.3 Å². The van der Waals surface area contributed by atoms with Crippen LogP contribution in [0.3, 0.4) is 0 Å². The first-order valence-corrected chi connectivity index (χ1v) is 9.35. The van der Waals surface area contributed by atoms with Crippen LogP contribution in [0, 0.1) is 0 Å². The SMILES string of the molecule is CCC1(C)NC(c2ccsc2)N(CC2CCCS2)C1=O. The van der Waals surface area contributed by atoms with Crippen molar-refractivity contribution in [2.45, 2.75) is 50.1 Å². The van der Waals surface area contributed by atoms with E-state index in [1.54, 1.807) is 11.3 Å². The van der Waals surface area contributed by atoms with Gasteiger partial charge in [-0.15, -0.1) is 0 Å². The minimum absolute atomic E-state index is 0.0555. The Morgan fingerprint density at radius 1 is 1.55 bits per heavy atom. The van der Waals surface area contributed by atoms with E-state index in [-0.39, 0.29) is 12.1 Å². The molecule has 0 aliphatic carbocycles. The van der Waals surface area contributed by atoms with E-state index in [4.69, 9.17) is 0 Å². The molecule has 2 aliphatic rings. The van der Waals surface area contributed by atoms with Crippen molar-refractivity contribution in [3.05, 3.63) is 22.4 Å². The predicted octanol–water partition coefficient (Wildman–Crippen LogP) is 3.24. The van der Waals surface area contributed by atoms with Gasteiger partial charge in [-0.2, -0.15) is 23.1 Å². The van der Waals surface area contributed by atoms with Crippen LogP contribution in [-0.4, -0.2) is 33.9 Å². The number of amides is 1. The molecule has 0 spiro atoms. The minimum atomic E-state index is -0.407. The second-order valence-electron chi connectivity index (χ2n) is 5.88.